The van der Waals surface area contributed by atoms with Gasteiger partial charge in [0.2, 0.25) is 0 Å². The summed E-state index contributed by atoms with van der Waals surface area (Å²) in [7, 11) is -1.89. The first-order chi connectivity index (χ1) is 11.4. The number of benzene rings is 2. The van der Waals surface area contributed by atoms with Crippen molar-refractivity contribution in [3.05, 3.63) is 76.3 Å². The standard InChI is InChI=1S/C18H17ClN2O2S/c1-13-17(15-9-6-10-16(19)11-15)24(22,23)20-18(13)21(2)12-14-7-4-3-5-8-14/h3-11H,12H2,1-2H3. The van der Waals surface area contributed by atoms with Crippen molar-refractivity contribution in [3.8, 4) is 0 Å². The Balaban J connectivity index is 1.98. The monoisotopic (exact) mass is 360 g/mol. The van der Waals surface area contributed by atoms with E-state index in [9.17, 15) is 8.42 Å². The molecule has 0 aromatic heterocycles. The van der Waals surface area contributed by atoms with E-state index in [1.54, 1.807) is 31.2 Å². The van der Waals surface area contributed by atoms with Gasteiger partial charge in [0.1, 0.15) is 10.7 Å². The highest BCUT2D eigenvalue weighted by Crippen LogP contribution is 2.34. The first kappa shape index (κ1) is 16.7. The van der Waals surface area contributed by atoms with E-state index in [0.29, 0.717) is 28.5 Å². The Morgan fingerprint density at radius 2 is 1.79 bits per heavy atom. The fourth-order valence-electron chi connectivity index (χ4n) is 2.81. The maximum Gasteiger partial charge on any atom is 0.285 e. The molecular weight excluding hydrogens is 344 g/mol. The van der Waals surface area contributed by atoms with Crippen molar-refractivity contribution >= 4 is 32.4 Å². The summed E-state index contributed by atoms with van der Waals surface area (Å²) >= 11 is 6.01. The minimum atomic E-state index is -3.73. The van der Waals surface area contributed by atoms with E-state index in [-0.39, 0.29) is 4.91 Å². The average molecular weight is 361 g/mol. The van der Waals surface area contributed by atoms with Crippen LogP contribution in [0, 0.1) is 0 Å². The Bertz CT molecular complexity index is 935. The second-order valence-corrected chi connectivity index (χ2v) is 7.67. The van der Waals surface area contributed by atoms with Crippen LogP contribution in [0.1, 0.15) is 18.1 Å². The van der Waals surface area contributed by atoms with Crippen molar-refractivity contribution in [2.45, 2.75) is 13.5 Å². The fourth-order valence-corrected chi connectivity index (χ4v) is 4.49. The van der Waals surface area contributed by atoms with Crippen molar-refractivity contribution in [2.24, 2.45) is 4.40 Å². The molecule has 0 spiro atoms. The van der Waals surface area contributed by atoms with Gasteiger partial charge in [0.25, 0.3) is 10.0 Å². The molecule has 0 N–H and O–H groups in total. The third kappa shape index (κ3) is 3.23. The van der Waals surface area contributed by atoms with Crippen LogP contribution in [0.15, 0.2) is 64.6 Å². The van der Waals surface area contributed by atoms with Crippen molar-refractivity contribution < 1.29 is 8.42 Å². The summed E-state index contributed by atoms with van der Waals surface area (Å²) in [6, 6.07) is 16.7. The molecular formula is C18H17ClN2O2S. The third-order valence-corrected chi connectivity index (χ3v) is 5.56. The highest BCUT2D eigenvalue weighted by Gasteiger charge is 2.32. The Morgan fingerprint density at radius 1 is 1.08 bits per heavy atom. The number of likely N-dealkylation sites (N-methyl/N-ethyl adjacent to an activating group) is 1. The van der Waals surface area contributed by atoms with Gasteiger partial charge in [-0.05, 0) is 30.2 Å². The first-order valence-corrected chi connectivity index (χ1v) is 9.27. The predicted molar refractivity (Wildman–Crippen MR) is 98.3 cm³/mol. The summed E-state index contributed by atoms with van der Waals surface area (Å²) < 4.78 is 29.1. The zero-order valence-corrected chi connectivity index (χ0v) is 15.0. The second-order valence-electron chi connectivity index (χ2n) is 5.70. The van der Waals surface area contributed by atoms with E-state index < -0.39 is 10.0 Å². The van der Waals surface area contributed by atoms with Gasteiger partial charge in [0.05, 0.1) is 0 Å². The van der Waals surface area contributed by atoms with Crippen LogP contribution in [-0.4, -0.2) is 26.2 Å². The minimum Gasteiger partial charge on any atom is -0.354 e. The maximum absolute atomic E-state index is 12.5. The molecule has 3 rings (SSSR count). The van der Waals surface area contributed by atoms with Crippen LogP contribution >= 0.6 is 11.6 Å². The summed E-state index contributed by atoms with van der Waals surface area (Å²) in [5.74, 6) is 0.467. The summed E-state index contributed by atoms with van der Waals surface area (Å²) in [6.45, 7) is 2.36. The van der Waals surface area contributed by atoms with Crippen LogP contribution < -0.4 is 0 Å². The van der Waals surface area contributed by atoms with Gasteiger partial charge >= 0.3 is 0 Å². The molecule has 0 bridgehead atoms. The fraction of sp³-hybridized carbons (Fsp3) is 0.167. The minimum absolute atomic E-state index is 0.222. The molecule has 124 valence electrons. The van der Waals surface area contributed by atoms with Gasteiger partial charge in [-0.25, -0.2) is 0 Å². The molecule has 24 heavy (non-hydrogen) atoms. The van der Waals surface area contributed by atoms with Crippen LogP contribution in [0.3, 0.4) is 0 Å². The topological polar surface area (TPSA) is 49.7 Å². The van der Waals surface area contributed by atoms with E-state index >= 15 is 0 Å². The summed E-state index contributed by atoms with van der Waals surface area (Å²) in [5, 5.41) is 0.495. The highest BCUT2D eigenvalue weighted by molar-refractivity contribution is 8.00. The smallest absolute Gasteiger partial charge is 0.285 e. The molecule has 0 amide bonds. The van der Waals surface area contributed by atoms with Gasteiger partial charge in [-0.15, -0.1) is 4.40 Å². The van der Waals surface area contributed by atoms with Crippen LogP contribution in [0.4, 0.5) is 0 Å². The van der Waals surface area contributed by atoms with Crippen molar-refractivity contribution in [1.82, 2.24) is 4.90 Å². The molecule has 0 radical (unpaired) electrons. The molecule has 1 aliphatic heterocycles. The van der Waals surface area contributed by atoms with Crippen molar-refractivity contribution in [2.75, 3.05) is 7.05 Å². The molecule has 0 saturated carbocycles. The number of hydrogen-bond donors (Lipinski definition) is 0. The number of amidine groups is 1. The summed E-state index contributed by atoms with van der Waals surface area (Å²) in [5.41, 5.74) is 2.28. The SMILES string of the molecule is CC1=C(c2cccc(Cl)c2)S(=O)(=O)N=C1N(C)Cc1ccccc1. The highest BCUT2D eigenvalue weighted by atomic mass is 35.5. The molecule has 0 fully saturated rings. The largest absolute Gasteiger partial charge is 0.354 e. The molecule has 2 aromatic carbocycles. The van der Waals surface area contributed by atoms with Crippen LogP contribution in [0.2, 0.25) is 5.02 Å². The predicted octanol–water partition coefficient (Wildman–Crippen LogP) is 3.94. The lowest BCUT2D eigenvalue weighted by molar-refractivity contribution is 0.501. The van der Waals surface area contributed by atoms with Crippen LogP contribution in [0.5, 0.6) is 0 Å². The maximum atomic E-state index is 12.5. The van der Waals surface area contributed by atoms with E-state index in [4.69, 9.17) is 11.6 Å². The molecule has 4 nitrogen and oxygen atoms in total. The van der Waals surface area contributed by atoms with Crippen LogP contribution in [-0.2, 0) is 16.6 Å². The first-order valence-electron chi connectivity index (χ1n) is 7.46. The number of hydrogen-bond acceptors (Lipinski definition) is 3. The lowest BCUT2D eigenvalue weighted by Crippen LogP contribution is -2.26. The van der Waals surface area contributed by atoms with E-state index in [0.717, 1.165) is 5.56 Å². The zero-order valence-electron chi connectivity index (χ0n) is 13.4. The average Bonchev–Trinajstić information content (AvgIpc) is 2.78. The second kappa shape index (κ2) is 6.42. The Kier molecular flexibility index (Phi) is 4.47. The molecule has 0 unspecified atom stereocenters. The summed E-state index contributed by atoms with van der Waals surface area (Å²) in [6.07, 6.45) is 0. The zero-order chi connectivity index (χ0) is 17.3. The Morgan fingerprint density at radius 3 is 2.46 bits per heavy atom. The summed E-state index contributed by atoms with van der Waals surface area (Å²) in [4.78, 5) is 2.07. The lowest BCUT2D eigenvalue weighted by Gasteiger charge is -2.19. The third-order valence-electron chi connectivity index (χ3n) is 3.85. The number of nitrogens with zero attached hydrogens (tertiary/aromatic N) is 2. The molecule has 1 aliphatic rings. The normalized spacial score (nSPS) is 16.2. The van der Waals surface area contributed by atoms with E-state index in [2.05, 4.69) is 4.40 Å². The molecule has 2 aromatic rings. The van der Waals surface area contributed by atoms with Gasteiger partial charge < -0.3 is 4.90 Å². The molecule has 1 heterocycles. The molecule has 0 saturated heterocycles. The Hall–Kier alpha value is -2.11. The quantitative estimate of drug-likeness (QED) is 0.832. The number of halogens is 1. The lowest BCUT2D eigenvalue weighted by atomic mass is 10.1. The molecule has 0 atom stereocenters. The van der Waals surface area contributed by atoms with E-state index in [1.165, 1.54) is 0 Å². The van der Waals surface area contributed by atoms with Gasteiger partial charge in [-0.2, -0.15) is 8.42 Å². The van der Waals surface area contributed by atoms with Crippen molar-refractivity contribution in [3.63, 3.8) is 0 Å². The molecule has 0 aliphatic carbocycles. The van der Waals surface area contributed by atoms with Gasteiger partial charge in [0, 0.05) is 24.2 Å². The number of sulfonamides is 1. The molecule has 6 heteroatoms. The van der Waals surface area contributed by atoms with Gasteiger partial charge in [-0.1, -0.05) is 54.1 Å². The van der Waals surface area contributed by atoms with Crippen molar-refractivity contribution in [1.29, 1.82) is 0 Å². The van der Waals surface area contributed by atoms with Gasteiger partial charge in [-0.3, -0.25) is 0 Å². The van der Waals surface area contributed by atoms with Gasteiger partial charge in [0.15, 0.2) is 0 Å². The number of rotatable bonds is 3. The van der Waals surface area contributed by atoms with E-state index in [1.807, 2.05) is 42.3 Å². The Labute approximate surface area is 147 Å². The van der Waals surface area contributed by atoms with Crippen LogP contribution in [0.25, 0.3) is 4.91 Å².